The van der Waals surface area contributed by atoms with E-state index in [1.807, 2.05) is 12.1 Å². The van der Waals surface area contributed by atoms with Crippen LogP contribution in [0.25, 0.3) is 21.8 Å². The van der Waals surface area contributed by atoms with E-state index in [0.717, 1.165) is 41.1 Å². The summed E-state index contributed by atoms with van der Waals surface area (Å²) in [6.45, 7) is 8.09. The number of ketones is 6. The van der Waals surface area contributed by atoms with Crippen LogP contribution in [0, 0.1) is 68.6 Å². The molecule has 2 aromatic heterocycles. The third-order valence-corrected chi connectivity index (χ3v) is 3.56. The number of aromatic nitrogens is 2. The van der Waals surface area contributed by atoms with Crippen LogP contribution in [0.4, 0.5) is 0 Å². The van der Waals surface area contributed by atoms with Gasteiger partial charge in [-0.05, 0) is 53.7 Å². The standard InChI is InChI=1S/C12H8N2.3C5H7O2.Eu/c1-3-9-5-6-10-4-2-8-14-12(10)11(9)13-7-1;3*1-4(6)3-5(2)7;/h1-8H;3*3H,1-2H3;/q;3*-1;+3. The average Bonchev–Trinajstić information content (AvgIpc) is 2.72. The van der Waals surface area contributed by atoms with Crippen LogP contribution >= 0.6 is 0 Å². The van der Waals surface area contributed by atoms with Gasteiger partial charge in [-0.15, -0.1) is 0 Å². The van der Waals surface area contributed by atoms with Crippen molar-refractivity contribution in [2.24, 2.45) is 0 Å². The number of benzene rings is 1. The molecular formula is C27H29EuN2O6. The van der Waals surface area contributed by atoms with Crippen LogP contribution in [-0.2, 0) is 28.8 Å². The Morgan fingerprint density at radius 3 is 0.944 bits per heavy atom. The predicted octanol–water partition coefficient (Wildman–Crippen LogP) is 3.89. The van der Waals surface area contributed by atoms with Crippen LogP contribution in [0.1, 0.15) is 41.5 Å². The summed E-state index contributed by atoms with van der Waals surface area (Å²) in [5.74, 6) is -1.12. The molecule has 8 nitrogen and oxygen atoms in total. The molecule has 0 unspecified atom stereocenters. The number of hydrogen-bond acceptors (Lipinski definition) is 8. The van der Waals surface area contributed by atoms with E-state index in [9.17, 15) is 28.8 Å². The quantitative estimate of drug-likeness (QED) is 0.228. The minimum Gasteiger partial charge on any atom is -0.334 e. The van der Waals surface area contributed by atoms with Crippen molar-refractivity contribution < 1.29 is 78.1 Å². The molecule has 0 amide bonds. The van der Waals surface area contributed by atoms with E-state index in [4.69, 9.17) is 0 Å². The molecule has 0 aliphatic heterocycles. The van der Waals surface area contributed by atoms with Crippen molar-refractivity contribution >= 4 is 56.5 Å². The van der Waals surface area contributed by atoms with Gasteiger partial charge < -0.3 is 28.8 Å². The number of pyridine rings is 2. The van der Waals surface area contributed by atoms with Crippen molar-refractivity contribution in [3.63, 3.8) is 0 Å². The van der Waals surface area contributed by atoms with E-state index < -0.39 is 0 Å². The molecule has 0 bridgehead atoms. The van der Waals surface area contributed by atoms with Crippen LogP contribution < -0.4 is 0 Å². The summed E-state index contributed by atoms with van der Waals surface area (Å²) < 4.78 is 0. The van der Waals surface area contributed by atoms with Crippen molar-refractivity contribution in [2.45, 2.75) is 41.5 Å². The summed E-state index contributed by atoms with van der Waals surface area (Å²) in [4.78, 5) is 68.6. The third kappa shape index (κ3) is 17.7. The van der Waals surface area contributed by atoms with Gasteiger partial charge in [-0.2, -0.15) is 0 Å². The topological polar surface area (TPSA) is 128 Å². The fourth-order valence-electron chi connectivity index (χ4n) is 2.54. The second-order valence-electron chi connectivity index (χ2n) is 7.31. The molecule has 0 aliphatic rings. The third-order valence-electron chi connectivity index (χ3n) is 3.56. The van der Waals surface area contributed by atoms with E-state index >= 15 is 0 Å². The Bertz CT molecular complexity index is 1050. The molecule has 190 valence electrons. The molecule has 2 heterocycles. The Labute approximate surface area is 252 Å². The molecule has 0 N–H and O–H groups in total. The van der Waals surface area contributed by atoms with Crippen molar-refractivity contribution in [1.29, 1.82) is 0 Å². The summed E-state index contributed by atoms with van der Waals surface area (Å²) in [5, 5.41) is 2.28. The minimum absolute atomic E-state index is 0. The Kier molecular flexibility index (Phi) is 19.1. The Balaban J connectivity index is 0. The molecule has 0 saturated carbocycles. The Morgan fingerprint density at radius 2 is 0.750 bits per heavy atom. The minimum atomic E-state index is -0.187. The van der Waals surface area contributed by atoms with Gasteiger partial charge in [-0.25, -0.2) is 0 Å². The second kappa shape index (κ2) is 19.4. The number of Topliss-reactive ketones (excluding diaryl/α,β-unsaturated/α-hetero) is 6. The summed E-state index contributed by atoms with van der Waals surface area (Å²) >= 11 is 0. The average molecular weight is 630 g/mol. The van der Waals surface area contributed by atoms with Gasteiger partial charge in [0.25, 0.3) is 0 Å². The van der Waals surface area contributed by atoms with Crippen LogP contribution in [0.2, 0.25) is 0 Å². The van der Waals surface area contributed by atoms with Crippen LogP contribution in [0.5, 0.6) is 0 Å². The van der Waals surface area contributed by atoms with Gasteiger partial charge in [0, 0.05) is 57.9 Å². The van der Waals surface area contributed by atoms with Crippen LogP contribution in [0.3, 0.4) is 0 Å². The van der Waals surface area contributed by atoms with E-state index in [-0.39, 0.29) is 84.1 Å². The Hall–Kier alpha value is -2.75. The van der Waals surface area contributed by atoms with Crippen molar-refractivity contribution in [3.8, 4) is 0 Å². The molecule has 36 heavy (non-hydrogen) atoms. The first kappa shape index (κ1) is 35.4. The van der Waals surface area contributed by atoms with E-state index in [0.29, 0.717) is 0 Å². The molecule has 0 atom stereocenters. The van der Waals surface area contributed by atoms with Crippen LogP contribution in [-0.4, -0.2) is 44.7 Å². The first-order valence-electron chi connectivity index (χ1n) is 10.5. The summed E-state index contributed by atoms with van der Waals surface area (Å²) in [5.41, 5.74) is 1.95. The van der Waals surface area contributed by atoms with Crippen molar-refractivity contribution in [3.05, 3.63) is 68.1 Å². The van der Waals surface area contributed by atoms with Crippen molar-refractivity contribution in [2.75, 3.05) is 0 Å². The fourth-order valence-corrected chi connectivity index (χ4v) is 2.54. The number of fused-ring (bicyclic) bond motifs is 3. The molecule has 9 heteroatoms. The van der Waals surface area contributed by atoms with E-state index in [1.165, 1.54) is 41.5 Å². The van der Waals surface area contributed by atoms with Crippen LogP contribution in [0.15, 0.2) is 48.8 Å². The number of hydrogen-bond donors (Lipinski definition) is 0. The molecular weight excluding hydrogens is 600 g/mol. The maximum absolute atomic E-state index is 9.98. The molecule has 1 aromatic carbocycles. The predicted molar refractivity (Wildman–Crippen MR) is 134 cm³/mol. The fraction of sp³-hybridized carbons (Fsp3) is 0.222. The largest absolute Gasteiger partial charge is 3.00 e. The zero-order valence-corrected chi connectivity index (χ0v) is 23.5. The van der Waals surface area contributed by atoms with E-state index in [2.05, 4.69) is 34.2 Å². The van der Waals surface area contributed by atoms with E-state index in [1.54, 1.807) is 12.4 Å². The molecule has 0 radical (unpaired) electrons. The van der Waals surface area contributed by atoms with Gasteiger partial charge in [-0.3, -0.25) is 29.2 Å². The number of rotatable bonds is 6. The van der Waals surface area contributed by atoms with Gasteiger partial charge in [-0.1, -0.05) is 24.3 Å². The van der Waals surface area contributed by atoms with Gasteiger partial charge in [0.2, 0.25) is 0 Å². The van der Waals surface area contributed by atoms with Gasteiger partial charge in [0.15, 0.2) is 0 Å². The monoisotopic (exact) mass is 630 g/mol. The van der Waals surface area contributed by atoms with Crippen molar-refractivity contribution in [1.82, 2.24) is 9.97 Å². The summed E-state index contributed by atoms with van der Waals surface area (Å²) in [7, 11) is 0. The molecule has 3 rings (SSSR count). The second-order valence-corrected chi connectivity index (χ2v) is 7.31. The summed E-state index contributed by atoms with van der Waals surface area (Å²) in [6.07, 6.45) is 6.77. The number of carbonyl (C=O) groups is 6. The Morgan fingerprint density at radius 1 is 0.500 bits per heavy atom. The number of carbonyl (C=O) groups excluding carboxylic acids is 6. The molecule has 3 aromatic rings. The van der Waals surface area contributed by atoms with Gasteiger partial charge >= 0.3 is 49.4 Å². The van der Waals surface area contributed by atoms with Gasteiger partial charge in [0.1, 0.15) is 0 Å². The summed E-state index contributed by atoms with van der Waals surface area (Å²) in [6, 6.07) is 12.1. The zero-order chi connectivity index (χ0) is 27.0. The molecule has 0 fully saturated rings. The normalized spacial score (nSPS) is 8.72. The maximum Gasteiger partial charge on any atom is 3.00 e. The van der Waals surface area contributed by atoms with Gasteiger partial charge in [0.05, 0.1) is 11.0 Å². The molecule has 0 spiro atoms. The molecule has 0 aliphatic carbocycles. The maximum atomic E-state index is 9.98. The molecule has 0 saturated heterocycles. The SMILES string of the molecule is CC(=O)[CH-]C(C)=O.CC(=O)[CH-]C(C)=O.CC(=O)[CH-]C(C)=O.[Eu+3].c1cnc2c(c1)ccc1cccnc12. The first-order chi connectivity index (χ1) is 16.3. The zero-order valence-electron chi connectivity index (χ0n) is 21.1. The smallest absolute Gasteiger partial charge is 0.334 e. The first-order valence-corrected chi connectivity index (χ1v) is 10.5. The number of nitrogens with zero attached hydrogens (tertiary/aromatic N) is 2.